The highest BCUT2D eigenvalue weighted by molar-refractivity contribution is 7.89. The average molecular weight is 594 g/mol. The monoisotopic (exact) mass is 593 g/mol. The first-order valence-corrected chi connectivity index (χ1v) is 15.4. The highest BCUT2D eigenvalue weighted by Crippen LogP contribution is 2.32. The number of methoxy groups -OCH3 is 1. The van der Waals surface area contributed by atoms with Crippen LogP contribution in [0.15, 0.2) is 71.6 Å². The van der Waals surface area contributed by atoms with Gasteiger partial charge in [0.2, 0.25) is 28.6 Å². The molecule has 1 aliphatic heterocycles. The lowest BCUT2D eigenvalue weighted by Gasteiger charge is -2.29. The lowest BCUT2D eigenvalue weighted by molar-refractivity contribution is -0.140. The lowest BCUT2D eigenvalue weighted by atomic mass is 10.1. The molecular weight excluding hydrogens is 558 g/mol. The molecule has 3 aromatic carbocycles. The minimum absolute atomic E-state index is 0.0280. The number of ether oxygens (including phenoxy) is 3. The largest absolute Gasteiger partial charge is 0.497 e. The Labute approximate surface area is 246 Å². The van der Waals surface area contributed by atoms with Crippen LogP contribution in [0.2, 0.25) is 0 Å². The van der Waals surface area contributed by atoms with Crippen LogP contribution in [0, 0.1) is 0 Å². The van der Waals surface area contributed by atoms with E-state index in [0.717, 1.165) is 29.5 Å². The van der Waals surface area contributed by atoms with E-state index in [1.807, 2.05) is 36.4 Å². The van der Waals surface area contributed by atoms with Gasteiger partial charge in [0.25, 0.3) is 0 Å². The number of fused-ring (bicyclic) bond motifs is 1. The zero-order valence-corrected chi connectivity index (χ0v) is 24.5. The van der Waals surface area contributed by atoms with Crippen molar-refractivity contribution in [1.82, 2.24) is 14.9 Å². The van der Waals surface area contributed by atoms with Crippen molar-refractivity contribution < 1.29 is 32.2 Å². The van der Waals surface area contributed by atoms with Crippen LogP contribution in [-0.4, -0.2) is 51.1 Å². The van der Waals surface area contributed by atoms with E-state index in [9.17, 15) is 18.0 Å². The van der Waals surface area contributed by atoms with Crippen LogP contribution in [-0.2, 0) is 39.1 Å². The van der Waals surface area contributed by atoms with Crippen molar-refractivity contribution in [2.45, 2.75) is 62.7 Å². The molecule has 1 atom stereocenters. The first kappa shape index (κ1) is 29.4. The maximum atomic E-state index is 13.5. The van der Waals surface area contributed by atoms with Crippen molar-refractivity contribution in [3.63, 3.8) is 0 Å². The SMILES string of the molecule is COc1ccc(CN(C(=O)CCc2ccc(S(=O)(=O)NC3CC3)cc2)[C@@H](C)C(=O)NCc2ccc3c(c2)OCO3)cc1. The molecule has 10 nitrogen and oxygen atoms in total. The molecule has 5 rings (SSSR count). The first-order valence-electron chi connectivity index (χ1n) is 13.9. The normalized spacial score (nSPS) is 14.7. The van der Waals surface area contributed by atoms with Gasteiger partial charge >= 0.3 is 0 Å². The fraction of sp³-hybridized carbons (Fsp3) is 0.355. The van der Waals surface area contributed by atoms with E-state index in [1.165, 1.54) is 0 Å². The molecule has 1 saturated carbocycles. The summed E-state index contributed by atoms with van der Waals surface area (Å²) in [6, 6.07) is 18.7. The van der Waals surface area contributed by atoms with Gasteiger partial charge in [-0.1, -0.05) is 30.3 Å². The quantitative estimate of drug-likeness (QED) is 0.311. The molecule has 42 heavy (non-hydrogen) atoms. The fourth-order valence-corrected chi connectivity index (χ4v) is 5.92. The zero-order chi connectivity index (χ0) is 29.7. The summed E-state index contributed by atoms with van der Waals surface area (Å²) in [7, 11) is -1.95. The molecule has 1 heterocycles. The van der Waals surface area contributed by atoms with E-state index in [-0.39, 0.29) is 49.1 Å². The van der Waals surface area contributed by atoms with Crippen LogP contribution in [0.5, 0.6) is 17.2 Å². The van der Waals surface area contributed by atoms with E-state index in [2.05, 4.69) is 10.0 Å². The molecule has 222 valence electrons. The number of carbonyl (C=O) groups is 2. The number of carbonyl (C=O) groups excluding carboxylic acids is 2. The van der Waals surface area contributed by atoms with Gasteiger partial charge in [0.05, 0.1) is 12.0 Å². The highest BCUT2D eigenvalue weighted by atomic mass is 32.2. The third-order valence-corrected chi connectivity index (χ3v) is 8.88. The van der Waals surface area contributed by atoms with Crippen molar-refractivity contribution in [2.24, 2.45) is 0 Å². The molecule has 0 bridgehead atoms. The standard InChI is InChI=1S/C31H35N3O7S/c1-21(31(36)32-18-24-7-15-28-29(17-24)41-20-40-28)34(19-23-3-11-26(39-2)12-4-23)30(35)16-8-22-5-13-27(14-6-22)42(37,38)33-25-9-10-25/h3-7,11-15,17,21,25,33H,8-10,16,18-20H2,1-2H3,(H,32,36)/t21-/m0/s1. The van der Waals surface area contributed by atoms with E-state index in [4.69, 9.17) is 14.2 Å². The molecule has 3 aromatic rings. The van der Waals surface area contributed by atoms with Crippen molar-refractivity contribution in [2.75, 3.05) is 13.9 Å². The zero-order valence-electron chi connectivity index (χ0n) is 23.7. The third kappa shape index (κ3) is 7.40. The molecule has 0 saturated heterocycles. The summed E-state index contributed by atoms with van der Waals surface area (Å²) in [5, 5.41) is 2.93. The summed E-state index contributed by atoms with van der Waals surface area (Å²) >= 11 is 0. The lowest BCUT2D eigenvalue weighted by Crippen LogP contribution is -2.47. The van der Waals surface area contributed by atoms with Crippen LogP contribution in [0.25, 0.3) is 0 Å². The number of sulfonamides is 1. The minimum atomic E-state index is -3.54. The molecule has 1 aliphatic carbocycles. The van der Waals surface area contributed by atoms with Gasteiger partial charge in [0.15, 0.2) is 11.5 Å². The maximum absolute atomic E-state index is 13.5. The molecular formula is C31H35N3O7S. The summed E-state index contributed by atoms with van der Waals surface area (Å²) in [5.74, 6) is 1.52. The Bertz CT molecular complexity index is 1520. The van der Waals surface area contributed by atoms with Gasteiger partial charge < -0.3 is 24.4 Å². The number of nitrogens with zero attached hydrogens (tertiary/aromatic N) is 1. The summed E-state index contributed by atoms with van der Waals surface area (Å²) in [4.78, 5) is 28.5. The molecule has 11 heteroatoms. The topological polar surface area (TPSA) is 123 Å². The summed E-state index contributed by atoms with van der Waals surface area (Å²) in [6.45, 7) is 2.40. The van der Waals surface area contributed by atoms with Crippen LogP contribution in [0.1, 0.15) is 42.9 Å². The second-order valence-corrected chi connectivity index (χ2v) is 12.2. The number of nitrogens with one attached hydrogen (secondary N) is 2. The smallest absolute Gasteiger partial charge is 0.242 e. The number of aryl methyl sites for hydroxylation is 1. The molecule has 1 fully saturated rings. The van der Waals surface area contributed by atoms with Gasteiger partial charge in [0, 0.05) is 25.6 Å². The Hall–Kier alpha value is -4.09. The Morgan fingerprint density at radius 3 is 2.31 bits per heavy atom. The summed E-state index contributed by atoms with van der Waals surface area (Å²) < 4.78 is 43.6. The predicted octanol–water partition coefficient (Wildman–Crippen LogP) is 3.53. The molecule has 0 unspecified atom stereocenters. The minimum Gasteiger partial charge on any atom is -0.497 e. The van der Waals surface area contributed by atoms with Crippen LogP contribution in [0.4, 0.5) is 0 Å². The number of hydrogen-bond acceptors (Lipinski definition) is 7. The van der Waals surface area contributed by atoms with Gasteiger partial charge in [0.1, 0.15) is 11.8 Å². The first-order chi connectivity index (χ1) is 20.2. The molecule has 2 N–H and O–H groups in total. The fourth-order valence-electron chi connectivity index (χ4n) is 4.62. The highest BCUT2D eigenvalue weighted by Gasteiger charge is 2.28. The van der Waals surface area contributed by atoms with Crippen molar-refractivity contribution in [3.8, 4) is 17.2 Å². The Morgan fingerprint density at radius 2 is 1.62 bits per heavy atom. The second kappa shape index (κ2) is 12.8. The molecule has 0 spiro atoms. The van der Waals surface area contributed by atoms with Crippen molar-refractivity contribution in [3.05, 3.63) is 83.4 Å². The van der Waals surface area contributed by atoms with Crippen LogP contribution in [0.3, 0.4) is 0 Å². The Balaban J connectivity index is 1.24. The number of benzene rings is 3. The number of rotatable bonds is 13. The van der Waals surface area contributed by atoms with Crippen LogP contribution >= 0.6 is 0 Å². The Morgan fingerprint density at radius 1 is 0.952 bits per heavy atom. The van der Waals surface area contributed by atoms with Gasteiger partial charge in [-0.2, -0.15) is 0 Å². The van der Waals surface area contributed by atoms with Crippen molar-refractivity contribution in [1.29, 1.82) is 0 Å². The Kier molecular flexibility index (Phi) is 8.98. The second-order valence-electron chi connectivity index (χ2n) is 10.5. The van der Waals surface area contributed by atoms with E-state index in [0.29, 0.717) is 23.7 Å². The third-order valence-electron chi connectivity index (χ3n) is 7.34. The number of amides is 2. The average Bonchev–Trinajstić information content (AvgIpc) is 3.68. The summed E-state index contributed by atoms with van der Waals surface area (Å²) in [6.07, 6.45) is 2.28. The van der Waals surface area contributed by atoms with Crippen molar-refractivity contribution >= 4 is 21.8 Å². The molecule has 0 aromatic heterocycles. The summed E-state index contributed by atoms with van der Waals surface area (Å²) in [5.41, 5.74) is 2.54. The van der Waals surface area contributed by atoms with Gasteiger partial charge in [-0.25, -0.2) is 13.1 Å². The van der Waals surface area contributed by atoms with Crippen LogP contribution < -0.4 is 24.2 Å². The predicted molar refractivity (Wildman–Crippen MR) is 156 cm³/mol. The number of hydrogen-bond donors (Lipinski definition) is 2. The van der Waals surface area contributed by atoms with Gasteiger partial charge in [-0.05, 0) is 79.3 Å². The van der Waals surface area contributed by atoms with Gasteiger partial charge in [-0.3, -0.25) is 9.59 Å². The molecule has 2 amide bonds. The van der Waals surface area contributed by atoms with Gasteiger partial charge in [-0.15, -0.1) is 0 Å². The van der Waals surface area contributed by atoms with E-state index < -0.39 is 16.1 Å². The van der Waals surface area contributed by atoms with E-state index in [1.54, 1.807) is 49.3 Å². The van der Waals surface area contributed by atoms with E-state index >= 15 is 0 Å². The molecule has 2 aliphatic rings. The molecule has 0 radical (unpaired) electrons. The maximum Gasteiger partial charge on any atom is 0.242 e.